The van der Waals surface area contributed by atoms with Crippen LogP contribution in [0.2, 0.25) is 0 Å². The number of hydrogen-bond donors (Lipinski definition) is 1. The molecular weight excluding hydrogens is 240 g/mol. The van der Waals surface area contributed by atoms with Crippen molar-refractivity contribution in [3.8, 4) is 0 Å². The molecule has 1 saturated carbocycles. The molecule has 0 aromatic rings. The van der Waals surface area contributed by atoms with Gasteiger partial charge in [-0.3, -0.25) is 4.90 Å². The molecule has 112 valence electrons. The summed E-state index contributed by atoms with van der Waals surface area (Å²) in [7, 11) is 2.25. The average molecular weight is 270 g/mol. The Morgan fingerprint density at radius 3 is 2.58 bits per heavy atom. The first kappa shape index (κ1) is 15.2. The first-order chi connectivity index (χ1) is 9.12. The minimum Gasteiger partial charge on any atom is -0.347 e. The summed E-state index contributed by atoms with van der Waals surface area (Å²) < 4.78 is 11.8. The van der Waals surface area contributed by atoms with Gasteiger partial charge in [-0.2, -0.15) is 0 Å². The summed E-state index contributed by atoms with van der Waals surface area (Å²) in [6.07, 6.45) is 4.33. The topological polar surface area (TPSA) is 33.7 Å². The van der Waals surface area contributed by atoms with Crippen LogP contribution in [0.5, 0.6) is 0 Å². The van der Waals surface area contributed by atoms with E-state index in [-0.39, 0.29) is 5.79 Å². The fourth-order valence-corrected chi connectivity index (χ4v) is 3.43. The number of nitrogens with zero attached hydrogens (tertiary/aromatic N) is 1. The molecule has 1 heterocycles. The van der Waals surface area contributed by atoms with E-state index in [0.29, 0.717) is 18.1 Å². The third-order valence-corrected chi connectivity index (χ3v) is 4.91. The Balaban J connectivity index is 2.07. The molecule has 3 atom stereocenters. The molecule has 1 N–H and O–H groups in total. The highest BCUT2D eigenvalue weighted by molar-refractivity contribution is 4.96. The van der Waals surface area contributed by atoms with Gasteiger partial charge in [-0.05, 0) is 33.4 Å². The molecule has 2 rings (SSSR count). The molecule has 1 aliphatic heterocycles. The molecule has 2 aliphatic rings. The van der Waals surface area contributed by atoms with Crippen molar-refractivity contribution in [1.82, 2.24) is 10.2 Å². The van der Waals surface area contributed by atoms with Gasteiger partial charge >= 0.3 is 0 Å². The number of ether oxygens (including phenoxy) is 2. The van der Waals surface area contributed by atoms with Crippen LogP contribution >= 0.6 is 0 Å². The van der Waals surface area contributed by atoms with Crippen LogP contribution in [-0.4, -0.2) is 55.6 Å². The van der Waals surface area contributed by atoms with Gasteiger partial charge in [0.1, 0.15) is 0 Å². The van der Waals surface area contributed by atoms with E-state index in [9.17, 15) is 0 Å². The molecule has 0 aromatic carbocycles. The van der Waals surface area contributed by atoms with E-state index in [1.807, 2.05) is 0 Å². The Morgan fingerprint density at radius 1 is 1.32 bits per heavy atom. The third kappa shape index (κ3) is 3.30. The Kier molecular flexibility index (Phi) is 5.23. The zero-order chi connectivity index (χ0) is 13.9. The smallest absolute Gasteiger partial charge is 0.170 e. The van der Waals surface area contributed by atoms with Gasteiger partial charge in [-0.15, -0.1) is 0 Å². The molecule has 2 fully saturated rings. The Bertz CT molecular complexity index is 277. The van der Waals surface area contributed by atoms with Crippen molar-refractivity contribution in [3.63, 3.8) is 0 Å². The van der Waals surface area contributed by atoms with Crippen LogP contribution in [0.15, 0.2) is 0 Å². The number of hydrogen-bond acceptors (Lipinski definition) is 4. The van der Waals surface area contributed by atoms with Crippen molar-refractivity contribution in [3.05, 3.63) is 0 Å². The number of nitrogens with one attached hydrogen (secondary N) is 1. The van der Waals surface area contributed by atoms with Gasteiger partial charge in [0.25, 0.3) is 0 Å². The maximum Gasteiger partial charge on any atom is 0.170 e. The maximum atomic E-state index is 5.92. The second-order valence-corrected chi connectivity index (χ2v) is 6.00. The molecule has 1 saturated heterocycles. The highest BCUT2D eigenvalue weighted by atomic mass is 16.7. The normalized spacial score (nSPS) is 32.1. The molecule has 0 radical (unpaired) electrons. The number of likely N-dealkylation sites (N-methyl/N-ethyl adjacent to an activating group) is 2. The van der Waals surface area contributed by atoms with Gasteiger partial charge in [-0.1, -0.05) is 13.8 Å². The lowest BCUT2D eigenvalue weighted by molar-refractivity contribution is -0.193. The van der Waals surface area contributed by atoms with Gasteiger partial charge in [0, 0.05) is 31.0 Å². The van der Waals surface area contributed by atoms with Gasteiger partial charge in [0.2, 0.25) is 0 Å². The average Bonchev–Trinajstić information content (AvgIpc) is 2.88. The predicted molar refractivity (Wildman–Crippen MR) is 77.3 cm³/mol. The lowest BCUT2D eigenvalue weighted by Crippen LogP contribution is -2.58. The van der Waals surface area contributed by atoms with E-state index < -0.39 is 0 Å². The van der Waals surface area contributed by atoms with Crippen molar-refractivity contribution in [1.29, 1.82) is 0 Å². The first-order valence-electron chi connectivity index (χ1n) is 7.85. The van der Waals surface area contributed by atoms with Crippen molar-refractivity contribution in [2.75, 3.05) is 26.8 Å². The summed E-state index contributed by atoms with van der Waals surface area (Å²) in [6.45, 7) is 9.29. The molecule has 4 nitrogen and oxygen atoms in total. The van der Waals surface area contributed by atoms with E-state index in [1.165, 1.54) is 6.42 Å². The second-order valence-electron chi connectivity index (χ2n) is 6.00. The predicted octanol–water partition coefficient (Wildman–Crippen LogP) is 1.99. The Morgan fingerprint density at radius 2 is 2.00 bits per heavy atom. The van der Waals surface area contributed by atoms with Crippen molar-refractivity contribution < 1.29 is 9.47 Å². The highest BCUT2D eigenvalue weighted by Crippen LogP contribution is 2.38. The molecule has 0 bridgehead atoms. The third-order valence-electron chi connectivity index (χ3n) is 4.91. The monoisotopic (exact) mass is 270 g/mol. The summed E-state index contributed by atoms with van der Waals surface area (Å²) in [6, 6.07) is 1.66. The molecular formula is C15H30N2O2. The molecule has 0 amide bonds. The summed E-state index contributed by atoms with van der Waals surface area (Å²) in [5.74, 6) is -0.293. The molecule has 19 heavy (non-hydrogen) atoms. The van der Waals surface area contributed by atoms with Crippen LogP contribution in [0.4, 0.5) is 0 Å². The van der Waals surface area contributed by atoms with Crippen molar-refractivity contribution >= 4 is 0 Å². The van der Waals surface area contributed by atoms with Crippen LogP contribution in [0, 0.1) is 0 Å². The van der Waals surface area contributed by atoms with Gasteiger partial charge < -0.3 is 14.8 Å². The second kappa shape index (κ2) is 6.53. The van der Waals surface area contributed by atoms with E-state index >= 15 is 0 Å². The largest absolute Gasteiger partial charge is 0.347 e. The number of rotatable bonds is 5. The Hall–Kier alpha value is -0.160. The van der Waals surface area contributed by atoms with Crippen molar-refractivity contribution in [2.45, 2.75) is 70.4 Å². The molecule has 1 spiro atoms. The summed E-state index contributed by atoms with van der Waals surface area (Å²) in [5, 5.41) is 3.65. The molecule has 0 aromatic heterocycles. The van der Waals surface area contributed by atoms with Crippen LogP contribution in [0.3, 0.4) is 0 Å². The molecule has 4 heteroatoms. The SMILES string of the molecule is CCNC1CCC2(CC1N(C)C(C)CC)OCCO2. The zero-order valence-electron chi connectivity index (χ0n) is 12.9. The first-order valence-corrected chi connectivity index (χ1v) is 7.85. The van der Waals surface area contributed by atoms with E-state index in [2.05, 4.69) is 38.0 Å². The van der Waals surface area contributed by atoms with Crippen LogP contribution in [0.25, 0.3) is 0 Å². The lowest BCUT2D eigenvalue weighted by Gasteiger charge is -2.46. The lowest BCUT2D eigenvalue weighted by atomic mass is 9.84. The maximum absolute atomic E-state index is 5.92. The van der Waals surface area contributed by atoms with E-state index in [0.717, 1.165) is 39.0 Å². The summed E-state index contributed by atoms with van der Waals surface area (Å²) in [4.78, 5) is 2.51. The molecule has 3 unspecified atom stereocenters. The van der Waals surface area contributed by atoms with Crippen LogP contribution < -0.4 is 5.32 Å². The quantitative estimate of drug-likeness (QED) is 0.828. The molecule has 1 aliphatic carbocycles. The fraction of sp³-hybridized carbons (Fsp3) is 1.00. The Labute approximate surface area is 117 Å². The van der Waals surface area contributed by atoms with Gasteiger partial charge in [0.15, 0.2) is 5.79 Å². The van der Waals surface area contributed by atoms with Crippen molar-refractivity contribution in [2.24, 2.45) is 0 Å². The van der Waals surface area contributed by atoms with Crippen LogP contribution in [-0.2, 0) is 9.47 Å². The zero-order valence-corrected chi connectivity index (χ0v) is 12.9. The highest BCUT2D eigenvalue weighted by Gasteiger charge is 2.46. The van der Waals surface area contributed by atoms with E-state index in [4.69, 9.17) is 9.47 Å². The van der Waals surface area contributed by atoms with Gasteiger partial charge in [-0.25, -0.2) is 0 Å². The van der Waals surface area contributed by atoms with Crippen LogP contribution in [0.1, 0.15) is 46.5 Å². The summed E-state index contributed by atoms with van der Waals surface area (Å²) >= 11 is 0. The van der Waals surface area contributed by atoms with E-state index in [1.54, 1.807) is 0 Å². The minimum atomic E-state index is -0.293. The summed E-state index contributed by atoms with van der Waals surface area (Å²) in [5.41, 5.74) is 0. The minimum absolute atomic E-state index is 0.293. The standard InChI is InChI=1S/C15H30N2O2/c1-5-12(3)17(4)14-11-15(18-9-10-19-15)8-7-13(14)16-6-2/h12-14,16H,5-11H2,1-4H3. The fourth-order valence-electron chi connectivity index (χ4n) is 3.43. The van der Waals surface area contributed by atoms with Gasteiger partial charge in [0.05, 0.1) is 13.2 Å².